The molecule has 2 aromatic rings. The first-order valence-electron chi connectivity index (χ1n) is 9.45. The van der Waals surface area contributed by atoms with Crippen molar-refractivity contribution in [3.63, 3.8) is 0 Å². The summed E-state index contributed by atoms with van der Waals surface area (Å²) < 4.78 is 34.0. The molecule has 7 nitrogen and oxygen atoms in total. The van der Waals surface area contributed by atoms with Crippen LogP contribution in [0, 0.1) is 5.82 Å². The van der Waals surface area contributed by atoms with E-state index in [1.165, 1.54) is 10.7 Å². The zero-order chi connectivity index (χ0) is 21.1. The van der Waals surface area contributed by atoms with Gasteiger partial charge in [-0.1, -0.05) is 23.2 Å². The van der Waals surface area contributed by atoms with E-state index in [1.54, 1.807) is 18.5 Å². The first kappa shape index (κ1) is 22.1. The lowest BCUT2D eigenvalue weighted by Gasteiger charge is -2.24. The normalized spacial score (nSPS) is 15.8. The minimum Gasteiger partial charge on any atom is -0.458 e. The fourth-order valence-electron chi connectivity index (χ4n) is 3.28. The Hall–Kier alpha value is -1.58. The van der Waals surface area contributed by atoms with Gasteiger partial charge in [-0.05, 0) is 38.8 Å². The molecule has 3 rings (SSSR count). The third-order valence-electron chi connectivity index (χ3n) is 4.60. The maximum atomic E-state index is 14.7. The molecular formula is C19H23Cl2FN2O5. The third-order valence-corrected chi connectivity index (χ3v) is 5.28. The van der Waals surface area contributed by atoms with Crippen LogP contribution in [-0.4, -0.2) is 40.3 Å². The number of fused-ring (bicyclic) bond motifs is 1. The van der Waals surface area contributed by atoms with Crippen molar-refractivity contribution in [1.29, 1.82) is 0 Å². The Morgan fingerprint density at radius 2 is 1.79 bits per heavy atom. The minimum absolute atomic E-state index is 0.0323. The van der Waals surface area contributed by atoms with Gasteiger partial charge in [-0.15, -0.1) is 0 Å². The smallest absolute Gasteiger partial charge is 0.276 e. The van der Waals surface area contributed by atoms with Crippen LogP contribution in [0.25, 0.3) is 11.1 Å². The second kappa shape index (κ2) is 9.49. The lowest BCUT2D eigenvalue weighted by atomic mass is 10.1. The van der Waals surface area contributed by atoms with Gasteiger partial charge in [0.2, 0.25) is 6.29 Å². The lowest BCUT2D eigenvalue weighted by molar-refractivity contribution is -0.237. The Bertz CT molecular complexity index is 930. The standard InChI is InChI=1S/C19H23Cl2FN2O5/c1-3-27-18(26)19(28-4-2)29-14-9-11(13(22)10-12(14)20)15-16(21)23-7-5-6-8-24(23)17(15)25/h9-10,18-19,26H,3-8H2,1-2H3. The molecule has 10 heteroatoms. The molecular weight excluding hydrogens is 426 g/mol. The quantitative estimate of drug-likeness (QED) is 0.623. The zero-order valence-corrected chi connectivity index (χ0v) is 17.7. The van der Waals surface area contributed by atoms with Gasteiger partial charge >= 0.3 is 0 Å². The molecule has 1 N–H and O–H groups in total. The van der Waals surface area contributed by atoms with Gasteiger partial charge in [-0.25, -0.2) is 9.07 Å². The van der Waals surface area contributed by atoms with Crippen molar-refractivity contribution in [3.05, 3.63) is 38.5 Å². The van der Waals surface area contributed by atoms with Gasteiger partial charge in [0.25, 0.3) is 11.8 Å². The lowest BCUT2D eigenvalue weighted by Crippen LogP contribution is -2.36. The van der Waals surface area contributed by atoms with Crippen LogP contribution in [0.1, 0.15) is 26.7 Å². The summed E-state index contributed by atoms with van der Waals surface area (Å²) in [6.45, 7) is 5.00. The topological polar surface area (TPSA) is 74.8 Å². The molecule has 0 amide bonds. The van der Waals surface area contributed by atoms with Crippen LogP contribution in [0.15, 0.2) is 16.9 Å². The van der Waals surface area contributed by atoms with Crippen molar-refractivity contribution in [2.45, 2.75) is 52.4 Å². The van der Waals surface area contributed by atoms with Gasteiger partial charge in [0.15, 0.2) is 0 Å². The van der Waals surface area contributed by atoms with Crippen LogP contribution < -0.4 is 10.3 Å². The van der Waals surface area contributed by atoms with E-state index in [0.717, 1.165) is 18.9 Å². The number of rotatable bonds is 8. The largest absolute Gasteiger partial charge is 0.458 e. The van der Waals surface area contributed by atoms with E-state index in [2.05, 4.69) is 0 Å². The first-order valence-corrected chi connectivity index (χ1v) is 10.2. The van der Waals surface area contributed by atoms with Crippen LogP contribution in [0.4, 0.5) is 4.39 Å². The first-order chi connectivity index (χ1) is 13.9. The van der Waals surface area contributed by atoms with Crippen LogP contribution in [-0.2, 0) is 22.6 Å². The van der Waals surface area contributed by atoms with Crippen LogP contribution in [0.2, 0.25) is 10.2 Å². The maximum Gasteiger partial charge on any atom is 0.276 e. The summed E-state index contributed by atoms with van der Waals surface area (Å²) in [5, 5.41) is 10.2. The predicted octanol–water partition coefficient (Wildman–Crippen LogP) is 3.65. The van der Waals surface area contributed by atoms with Crippen molar-refractivity contribution >= 4 is 23.2 Å². The van der Waals surface area contributed by atoms with E-state index < -0.39 is 18.4 Å². The average Bonchev–Trinajstić information content (AvgIpc) is 2.94. The van der Waals surface area contributed by atoms with E-state index in [9.17, 15) is 14.3 Å². The monoisotopic (exact) mass is 448 g/mol. The number of hydrogen-bond acceptors (Lipinski definition) is 5. The zero-order valence-electron chi connectivity index (χ0n) is 16.2. The molecule has 160 valence electrons. The highest BCUT2D eigenvalue weighted by Gasteiger charge is 2.27. The average molecular weight is 449 g/mol. The van der Waals surface area contributed by atoms with Gasteiger partial charge in [0, 0.05) is 31.9 Å². The van der Waals surface area contributed by atoms with E-state index >= 15 is 0 Å². The second-order valence-corrected chi connectivity index (χ2v) is 7.24. The number of aromatic nitrogens is 2. The molecule has 29 heavy (non-hydrogen) atoms. The van der Waals surface area contributed by atoms with E-state index in [4.69, 9.17) is 37.4 Å². The molecule has 2 unspecified atom stereocenters. The molecule has 0 saturated heterocycles. The highest BCUT2D eigenvalue weighted by atomic mass is 35.5. The summed E-state index contributed by atoms with van der Waals surface area (Å²) >= 11 is 12.5. The van der Waals surface area contributed by atoms with Crippen LogP contribution >= 0.6 is 23.2 Å². The summed E-state index contributed by atoms with van der Waals surface area (Å²) in [7, 11) is 0. The number of benzene rings is 1. The van der Waals surface area contributed by atoms with Gasteiger partial charge in [0.1, 0.15) is 16.7 Å². The van der Waals surface area contributed by atoms with Crippen molar-refractivity contribution in [2.75, 3.05) is 13.2 Å². The number of hydrogen-bond donors (Lipinski definition) is 1. The molecule has 0 saturated carbocycles. The van der Waals surface area contributed by atoms with E-state index in [-0.39, 0.29) is 45.8 Å². The SMILES string of the molecule is CCOC(O)C(OCC)Oc1cc(-c2c(Cl)n3n(c2=O)CCCC3)c(F)cc1Cl. The number of halogens is 3. The van der Waals surface area contributed by atoms with E-state index in [0.29, 0.717) is 13.1 Å². The van der Waals surface area contributed by atoms with Gasteiger partial charge < -0.3 is 19.3 Å². The van der Waals surface area contributed by atoms with Crippen molar-refractivity contribution in [3.8, 4) is 16.9 Å². The third kappa shape index (κ3) is 4.46. The Morgan fingerprint density at radius 3 is 2.41 bits per heavy atom. The van der Waals surface area contributed by atoms with Crippen LogP contribution in [0.3, 0.4) is 0 Å². The molecule has 1 aromatic heterocycles. The van der Waals surface area contributed by atoms with Crippen molar-refractivity contribution in [2.24, 2.45) is 0 Å². The highest BCUT2D eigenvalue weighted by Crippen LogP contribution is 2.36. The second-order valence-electron chi connectivity index (χ2n) is 6.47. The molecule has 0 aliphatic carbocycles. The molecule has 1 aromatic carbocycles. The summed E-state index contributed by atoms with van der Waals surface area (Å²) in [5.41, 5.74) is -0.363. The Balaban J connectivity index is 2.03. The molecule has 0 bridgehead atoms. The predicted molar refractivity (Wildman–Crippen MR) is 107 cm³/mol. The molecule has 1 aliphatic heterocycles. The number of ether oxygens (including phenoxy) is 3. The van der Waals surface area contributed by atoms with Gasteiger partial charge in [0.05, 0.1) is 10.6 Å². The van der Waals surface area contributed by atoms with Crippen molar-refractivity contribution < 1.29 is 23.7 Å². The van der Waals surface area contributed by atoms with E-state index in [1.807, 2.05) is 0 Å². The summed E-state index contributed by atoms with van der Waals surface area (Å²) in [5.74, 6) is -0.673. The van der Waals surface area contributed by atoms with Gasteiger partial charge in [-0.2, -0.15) is 0 Å². The summed E-state index contributed by atoms with van der Waals surface area (Å²) in [6, 6.07) is 2.33. The molecule has 2 atom stereocenters. The minimum atomic E-state index is -1.37. The fraction of sp³-hybridized carbons (Fsp3) is 0.526. The number of aliphatic hydroxyl groups excluding tert-OH is 1. The maximum absolute atomic E-state index is 14.7. The summed E-state index contributed by atoms with van der Waals surface area (Å²) in [4.78, 5) is 12.8. The molecule has 0 spiro atoms. The molecule has 1 aliphatic rings. The summed E-state index contributed by atoms with van der Waals surface area (Å²) in [6.07, 6.45) is -0.825. The van der Waals surface area contributed by atoms with Gasteiger partial charge in [-0.3, -0.25) is 9.48 Å². The molecule has 0 fully saturated rings. The number of nitrogens with zero attached hydrogens (tertiary/aromatic N) is 2. The number of aliphatic hydroxyl groups is 1. The Labute approximate surface area is 177 Å². The fourth-order valence-corrected chi connectivity index (χ4v) is 3.83. The molecule has 0 radical (unpaired) electrons. The van der Waals surface area contributed by atoms with Crippen LogP contribution in [0.5, 0.6) is 5.75 Å². The Kier molecular flexibility index (Phi) is 7.23. The Morgan fingerprint density at radius 1 is 1.14 bits per heavy atom. The van der Waals surface area contributed by atoms with Crippen molar-refractivity contribution in [1.82, 2.24) is 9.36 Å². The molecule has 2 heterocycles. The highest BCUT2D eigenvalue weighted by molar-refractivity contribution is 6.33.